The van der Waals surface area contributed by atoms with Crippen LogP contribution in [0.5, 0.6) is 11.6 Å². The van der Waals surface area contributed by atoms with Crippen molar-refractivity contribution < 1.29 is 9.53 Å². The van der Waals surface area contributed by atoms with Gasteiger partial charge in [-0.3, -0.25) is 4.79 Å². The summed E-state index contributed by atoms with van der Waals surface area (Å²) in [5.74, 6) is 1.91. The highest BCUT2D eigenvalue weighted by Crippen LogP contribution is 2.32. The molecule has 3 aromatic rings. The van der Waals surface area contributed by atoms with Crippen LogP contribution in [0.15, 0.2) is 60.9 Å². The van der Waals surface area contributed by atoms with E-state index >= 15 is 0 Å². The van der Waals surface area contributed by atoms with Gasteiger partial charge in [0.1, 0.15) is 5.75 Å². The van der Waals surface area contributed by atoms with Crippen LogP contribution < -0.4 is 15.0 Å². The fourth-order valence-corrected chi connectivity index (χ4v) is 3.99. The first-order chi connectivity index (χ1) is 15.6. The largest absolute Gasteiger partial charge is 0.436 e. The van der Waals surface area contributed by atoms with Crippen LogP contribution in [-0.4, -0.2) is 29.0 Å². The third kappa shape index (κ3) is 5.25. The SMILES string of the molecule is CCc1ccc(CNC(=O)[C@@H]2CCCN(c3nccnc3Oc3ccccc3C)C2)cc1. The van der Waals surface area contributed by atoms with E-state index in [0.717, 1.165) is 42.7 Å². The summed E-state index contributed by atoms with van der Waals surface area (Å²) in [7, 11) is 0. The van der Waals surface area contributed by atoms with Crippen LogP contribution >= 0.6 is 0 Å². The molecule has 0 saturated carbocycles. The molecule has 1 atom stereocenters. The summed E-state index contributed by atoms with van der Waals surface area (Å²) >= 11 is 0. The van der Waals surface area contributed by atoms with Crippen molar-refractivity contribution in [3.63, 3.8) is 0 Å². The molecule has 1 N–H and O–H groups in total. The minimum atomic E-state index is -0.0908. The highest BCUT2D eigenvalue weighted by Gasteiger charge is 2.28. The lowest BCUT2D eigenvalue weighted by atomic mass is 9.97. The van der Waals surface area contributed by atoms with Crippen LogP contribution in [0.25, 0.3) is 0 Å². The van der Waals surface area contributed by atoms with Gasteiger partial charge in [-0.2, -0.15) is 0 Å². The summed E-state index contributed by atoms with van der Waals surface area (Å²) in [5, 5.41) is 3.11. The van der Waals surface area contributed by atoms with Gasteiger partial charge in [0.05, 0.1) is 5.92 Å². The topological polar surface area (TPSA) is 67.4 Å². The normalized spacial score (nSPS) is 15.9. The molecule has 0 spiro atoms. The molecule has 6 heteroatoms. The number of carbonyl (C=O) groups excluding carboxylic acids is 1. The Hall–Kier alpha value is -3.41. The Morgan fingerprint density at radius 2 is 1.84 bits per heavy atom. The van der Waals surface area contributed by atoms with Crippen molar-refractivity contribution in [1.82, 2.24) is 15.3 Å². The Labute approximate surface area is 189 Å². The van der Waals surface area contributed by atoms with E-state index in [2.05, 4.69) is 51.4 Å². The second kappa shape index (κ2) is 10.3. The Morgan fingerprint density at radius 3 is 2.62 bits per heavy atom. The number of aromatic nitrogens is 2. The number of para-hydroxylation sites is 1. The van der Waals surface area contributed by atoms with E-state index < -0.39 is 0 Å². The smallest absolute Gasteiger partial charge is 0.263 e. The lowest BCUT2D eigenvalue weighted by Crippen LogP contribution is -2.43. The van der Waals surface area contributed by atoms with Crippen molar-refractivity contribution in [1.29, 1.82) is 0 Å². The number of rotatable bonds is 7. The minimum absolute atomic E-state index is 0.0829. The number of aryl methyl sites for hydroxylation is 2. The highest BCUT2D eigenvalue weighted by molar-refractivity contribution is 5.79. The molecule has 1 amide bonds. The van der Waals surface area contributed by atoms with E-state index in [-0.39, 0.29) is 11.8 Å². The molecule has 0 unspecified atom stereocenters. The number of carbonyl (C=O) groups is 1. The van der Waals surface area contributed by atoms with Crippen LogP contribution in [-0.2, 0) is 17.8 Å². The highest BCUT2D eigenvalue weighted by atomic mass is 16.5. The van der Waals surface area contributed by atoms with Crippen LogP contribution in [0.4, 0.5) is 5.82 Å². The van der Waals surface area contributed by atoms with Gasteiger partial charge >= 0.3 is 0 Å². The first-order valence-electron chi connectivity index (χ1n) is 11.3. The number of hydrogen-bond donors (Lipinski definition) is 1. The van der Waals surface area contributed by atoms with Gasteiger partial charge in [-0.1, -0.05) is 49.4 Å². The van der Waals surface area contributed by atoms with Crippen molar-refractivity contribution in [2.45, 2.75) is 39.7 Å². The number of anilines is 1. The zero-order chi connectivity index (χ0) is 22.3. The predicted octanol–water partition coefficient (Wildman–Crippen LogP) is 4.67. The number of ether oxygens (including phenoxy) is 1. The summed E-state index contributed by atoms with van der Waals surface area (Å²) in [6, 6.07) is 16.3. The van der Waals surface area contributed by atoms with Crippen molar-refractivity contribution in [2.75, 3.05) is 18.0 Å². The lowest BCUT2D eigenvalue weighted by molar-refractivity contribution is -0.125. The van der Waals surface area contributed by atoms with Crippen molar-refractivity contribution in [3.8, 4) is 11.6 Å². The number of nitrogens with zero attached hydrogens (tertiary/aromatic N) is 3. The molecular formula is C26H30N4O2. The molecule has 6 nitrogen and oxygen atoms in total. The Bertz CT molecular complexity index is 1050. The van der Waals surface area contributed by atoms with E-state index in [0.29, 0.717) is 24.8 Å². The molecule has 32 heavy (non-hydrogen) atoms. The van der Waals surface area contributed by atoms with E-state index in [1.165, 1.54) is 5.56 Å². The average molecular weight is 431 g/mol. The Morgan fingerprint density at radius 1 is 1.09 bits per heavy atom. The van der Waals surface area contributed by atoms with Crippen molar-refractivity contribution >= 4 is 11.7 Å². The molecule has 166 valence electrons. The van der Waals surface area contributed by atoms with E-state index in [1.807, 2.05) is 31.2 Å². The van der Waals surface area contributed by atoms with Gasteiger partial charge in [0.2, 0.25) is 5.91 Å². The van der Waals surface area contributed by atoms with Crippen molar-refractivity contribution in [2.24, 2.45) is 5.92 Å². The maximum absolute atomic E-state index is 12.9. The van der Waals surface area contributed by atoms with Gasteiger partial charge in [-0.25, -0.2) is 9.97 Å². The van der Waals surface area contributed by atoms with E-state index in [9.17, 15) is 4.79 Å². The fraction of sp³-hybridized carbons (Fsp3) is 0.346. The third-order valence-electron chi connectivity index (χ3n) is 5.94. The maximum Gasteiger partial charge on any atom is 0.263 e. The predicted molar refractivity (Wildman–Crippen MR) is 126 cm³/mol. The van der Waals surface area contributed by atoms with Crippen LogP contribution in [0.3, 0.4) is 0 Å². The number of benzene rings is 2. The molecule has 0 bridgehead atoms. The summed E-state index contributed by atoms with van der Waals surface area (Å²) in [5.41, 5.74) is 3.45. The molecule has 2 aromatic carbocycles. The van der Waals surface area contributed by atoms with Gasteiger partial charge in [-0.15, -0.1) is 0 Å². The van der Waals surface area contributed by atoms with E-state index in [4.69, 9.17) is 4.74 Å². The van der Waals surface area contributed by atoms with Crippen LogP contribution in [0.1, 0.15) is 36.5 Å². The average Bonchev–Trinajstić information content (AvgIpc) is 2.84. The van der Waals surface area contributed by atoms with Crippen LogP contribution in [0, 0.1) is 12.8 Å². The molecule has 1 fully saturated rings. The second-order valence-corrected chi connectivity index (χ2v) is 8.23. The fourth-order valence-electron chi connectivity index (χ4n) is 3.99. The summed E-state index contributed by atoms with van der Waals surface area (Å²) < 4.78 is 6.10. The molecule has 1 aromatic heterocycles. The molecule has 0 aliphatic carbocycles. The zero-order valence-electron chi connectivity index (χ0n) is 18.8. The first-order valence-corrected chi connectivity index (χ1v) is 11.3. The lowest BCUT2D eigenvalue weighted by Gasteiger charge is -2.33. The summed E-state index contributed by atoms with van der Waals surface area (Å²) in [4.78, 5) is 24.0. The van der Waals surface area contributed by atoms with Gasteiger partial charge in [0.25, 0.3) is 5.88 Å². The monoisotopic (exact) mass is 430 g/mol. The number of nitrogens with one attached hydrogen (secondary N) is 1. The quantitative estimate of drug-likeness (QED) is 0.590. The molecule has 0 radical (unpaired) electrons. The van der Waals surface area contributed by atoms with Gasteiger partial charge < -0.3 is 15.0 Å². The zero-order valence-corrected chi connectivity index (χ0v) is 18.8. The molecular weight excluding hydrogens is 400 g/mol. The number of hydrogen-bond acceptors (Lipinski definition) is 5. The minimum Gasteiger partial charge on any atom is -0.436 e. The number of amides is 1. The van der Waals surface area contributed by atoms with Gasteiger partial charge in [0, 0.05) is 32.0 Å². The van der Waals surface area contributed by atoms with Gasteiger partial charge in [0.15, 0.2) is 5.82 Å². The van der Waals surface area contributed by atoms with Crippen LogP contribution in [0.2, 0.25) is 0 Å². The summed E-state index contributed by atoms with van der Waals surface area (Å²) in [6.45, 7) is 6.11. The number of piperidine rings is 1. The standard InChI is InChI=1S/C26H30N4O2/c1-3-20-10-12-21(13-11-20)17-29-25(31)22-8-6-16-30(18-22)24-26(28-15-14-27-24)32-23-9-5-4-7-19(23)2/h4-5,7,9-15,22H,3,6,8,16-18H2,1-2H3,(H,29,31)/t22-/m1/s1. The summed E-state index contributed by atoms with van der Waals surface area (Å²) in [6.07, 6.45) is 6.11. The molecule has 1 aliphatic rings. The van der Waals surface area contributed by atoms with E-state index in [1.54, 1.807) is 12.4 Å². The van der Waals surface area contributed by atoms with Crippen molar-refractivity contribution in [3.05, 3.63) is 77.6 Å². The molecule has 4 rings (SSSR count). The maximum atomic E-state index is 12.9. The Kier molecular flexibility index (Phi) is 7.00. The molecule has 1 aliphatic heterocycles. The third-order valence-corrected chi connectivity index (χ3v) is 5.94. The first kappa shape index (κ1) is 21.8. The molecule has 2 heterocycles. The second-order valence-electron chi connectivity index (χ2n) is 8.23. The van der Waals surface area contributed by atoms with Gasteiger partial charge in [-0.05, 0) is 48.9 Å². The Balaban J connectivity index is 1.41. The molecule has 1 saturated heterocycles.